The van der Waals surface area contributed by atoms with E-state index in [-0.39, 0.29) is 5.69 Å². The fourth-order valence-electron chi connectivity index (χ4n) is 2.63. The number of carbonyl (C=O) groups excluding carboxylic acids is 1. The molecule has 0 saturated heterocycles. The Morgan fingerprint density at radius 2 is 1.85 bits per heavy atom. The minimum atomic E-state index is -0.896. The summed E-state index contributed by atoms with van der Waals surface area (Å²) in [5, 5.41) is 6.56. The maximum absolute atomic E-state index is 13.7. The van der Waals surface area contributed by atoms with E-state index in [1.54, 1.807) is 6.07 Å². The molecule has 5 nitrogen and oxygen atoms in total. The molecule has 0 aliphatic carbocycles. The summed E-state index contributed by atoms with van der Waals surface area (Å²) < 4.78 is 27.6. The zero-order valence-electron chi connectivity index (χ0n) is 14.8. The largest absolute Gasteiger partial charge is 0.322 e. The average Bonchev–Trinajstić information content (AvgIpc) is 2.61. The first-order chi connectivity index (χ1) is 12.8. The second-order valence-corrected chi connectivity index (χ2v) is 6.21. The van der Waals surface area contributed by atoms with Crippen molar-refractivity contribution in [1.29, 1.82) is 0 Å². The van der Waals surface area contributed by atoms with Crippen molar-refractivity contribution in [3.05, 3.63) is 81.6 Å². The Labute approximate surface area is 154 Å². The highest BCUT2D eigenvalue weighted by Gasteiger charge is 2.12. The maximum Gasteiger partial charge on any atom is 0.267 e. The average molecular weight is 369 g/mol. The van der Waals surface area contributed by atoms with Crippen LogP contribution in [-0.2, 0) is 11.3 Å². The molecule has 0 bridgehead atoms. The van der Waals surface area contributed by atoms with E-state index in [9.17, 15) is 18.4 Å². The molecule has 1 heterocycles. The van der Waals surface area contributed by atoms with Gasteiger partial charge in [-0.25, -0.2) is 13.5 Å². The van der Waals surface area contributed by atoms with Crippen molar-refractivity contribution >= 4 is 11.6 Å². The van der Waals surface area contributed by atoms with Crippen LogP contribution in [0.4, 0.5) is 14.5 Å². The highest BCUT2D eigenvalue weighted by atomic mass is 19.1. The van der Waals surface area contributed by atoms with Crippen molar-refractivity contribution < 1.29 is 13.6 Å². The van der Waals surface area contributed by atoms with E-state index in [2.05, 4.69) is 10.4 Å². The number of carbonyl (C=O) groups is 1. The molecule has 1 aromatic heterocycles. The molecule has 0 radical (unpaired) electrons. The number of halogens is 2. The summed E-state index contributed by atoms with van der Waals surface area (Å²) in [7, 11) is 0. The van der Waals surface area contributed by atoms with Gasteiger partial charge in [0.1, 0.15) is 18.2 Å². The molecule has 1 N–H and O–H groups in total. The van der Waals surface area contributed by atoms with E-state index in [1.165, 1.54) is 6.07 Å². The topological polar surface area (TPSA) is 64.0 Å². The predicted molar refractivity (Wildman–Crippen MR) is 98.4 cm³/mol. The van der Waals surface area contributed by atoms with Crippen molar-refractivity contribution in [3.8, 4) is 11.3 Å². The van der Waals surface area contributed by atoms with Gasteiger partial charge in [0.15, 0.2) is 0 Å². The van der Waals surface area contributed by atoms with Gasteiger partial charge in [0.2, 0.25) is 5.91 Å². The molecule has 2 aromatic carbocycles. The van der Waals surface area contributed by atoms with Crippen LogP contribution < -0.4 is 10.9 Å². The molecule has 7 heteroatoms. The van der Waals surface area contributed by atoms with E-state index >= 15 is 0 Å². The molecule has 0 aliphatic rings. The normalized spacial score (nSPS) is 10.7. The summed E-state index contributed by atoms with van der Waals surface area (Å²) in [6.07, 6.45) is 0. The molecule has 3 rings (SSSR count). The number of aromatic nitrogens is 2. The number of nitrogens with zero attached hydrogens (tertiary/aromatic N) is 2. The third kappa shape index (κ3) is 4.25. The van der Waals surface area contributed by atoms with E-state index in [0.29, 0.717) is 11.8 Å². The second kappa shape index (κ2) is 7.49. The highest BCUT2D eigenvalue weighted by molar-refractivity contribution is 5.90. The van der Waals surface area contributed by atoms with Crippen molar-refractivity contribution in [1.82, 2.24) is 9.78 Å². The number of rotatable bonds is 4. The molecule has 0 fully saturated rings. The first-order valence-electron chi connectivity index (χ1n) is 8.24. The quantitative estimate of drug-likeness (QED) is 0.766. The highest BCUT2D eigenvalue weighted by Crippen LogP contribution is 2.21. The number of amides is 1. The minimum absolute atomic E-state index is 0.167. The predicted octanol–water partition coefficient (Wildman–Crippen LogP) is 3.44. The Morgan fingerprint density at radius 3 is 2.59 bits per heavy atom. The molecular formula is C20H17F2N3O2. The molecule has 3 aromatic rings. The number of hydrogen-bond donors (Lipinski definition) is 1. The molecule has 138 valence electrons. The number of hydrogen-bond acceptors (Lipinski definition) is 3. The Kier molecular flexibility index (Phi) is 5.12. The van der Waals surface area contributed by atoms with E-state index in [1.807, 2.05) is 32.0 Å². The third-order valence-electron chi connectivity index (χ3n) is 4.03. The molecule has 0 unspecified atom stereocenters. The van der Waals surface area contributed by atoms with Gasteiger partial charge in [-0.3, -0.25) is 9.59 Å². The summed E-state index contributed by atoms with van der Waals surface area (Å²) in [5.74, 6) is -2.29. The Bertz CT molecular complexity index is 1080. The Hall–Kier alpha value is -3.35. The van der Waals surface area contributed by atoms with Crippen LogP contribution in [0.1, 0.15) is 11.1 Å². The molecule has 1 amide bonds. The van der Waals surface area contributed by atoms with Crippen LogP contribution >= 0.6 is 0 Å². The van der Waals surface area contributed by atoms with Crippen molar-refractivity contribution in [2.75, 3.05) is 5.32 Å². The molecule has 0 spiro atoms. The summed E-state index contributed by atoms with van der Waals surface area (Å²) in [6.45, 7) is 3.48. The smallest absolute Gasteiger partial charge is 0.267 e. The van der Waals surface area contributed by atoms with E-state index in [4.69, 9.17) is 0 Å². The molecule has 0 saturated carbocycles. The zero-order valence-corrected chi connectivity index (χ0v) is 14.8. The van der Waals surface area contributed by atoms with Crippen molar-refractivity contribution in [2.24, 2.45) is 0 Å². The van der Waals surface area contributed by atoms with Gasteiger partial charge >= 0.3 is 0 Å². The van der Waals surface area contributed by atoms with Crippen molar-refractivity contribution in [3.63, 3.8) is 0 Å². The minimum Gasteiger partial charge on any atom is -0.322 e. The lowest BCUT2D eigenvalue weighted by Gasteiger charge is -2.10. The van der Waals surface area contributed by atoms with Gasteiger partial charge in [-0.1, -0.05) is 17.7 Å². The summed E-state index contributed by atoms with van der Waals surface area (Å²) in [5.41, 5.74) is 2.81. The number of nitrogens with one attached hydrogen (secondary N) is 1. The third-order valence-corrected chi connectivity index (χ3v) is 4.03. The summed E-state index contributed by atoms with van der Waals surface area (Å²) >= 11 is 0. The van der Waals surface area contributed by atoms with Gasteiger partial charge in [0.05, 0.1) is 11.4 Å². The first-order valence-corrected chi connectivity index (χ1v) is 8.24. The van der Waals surface area contributed by atoms with Gasteiger partial charge in [-0.05, 0) is 43.7 Å². The number of aryl methyl sites for hydroxylation is 2. The lowest BCUT2D eigenvalue weighted by atomic mass is 10.0. The lowest BCUT2D eigenvalue weighted by Crippen LogP contribution is -2.29. The van der Waals surface area contributed by atoms with Gasteiger partial charge in [-0.15, -0.1) is 0 Å². The van der Waals surface area contributed by atoms with Crippen LogP contribution in [0, 0.1) is 25.5 Å². The molecule has 0 atom stereocenters. The van der Waals surface area contributed by atoms with Gasteiger partial charge in [0.25, 0.3) is 5.56 Å². The first kappa shape index (κ1) is 18.4. The maximum atomic E-state index is 13.7. The fraction of sp³-hybridized carbons (Fsp3) is 0.150. The van der Waals surface area contributed by atoms with Gasteiger partial charge in [-0.2, -0.15) is 5.10 Å². The molecule has 27 heavy (non-hydrogen) atoms. The van der Waals surface area contributed by atoms with E-state index < -0.39 is 29.6 Å². The summed E-state index contributed by atoms with van der Waals surface area (Å²) in [6, 6.07) is 11.6. The molecular weight excluding hydrogens is 352 g/mol. The lowest BCUT2D eigenvalue weighted by molar-refractivity contribution is -0.117. The standard InChI is InChI=1S/C20H17F2N3O2/c1-12-3-4-13(2)15(9-12)17-7-8-20(27)25(24-17)11-19(26)23-18-6-5-14(21)10-16(18)22/h3-10H,11H2,1-2H3,(H,23,26). The van der Waals surface area contributed by atoms with E-state index in [0.717, 1.165) is 33.5 Å². The number of anilines is 1. The van der Waals surface area contributed by atoms with Crippen LogP contribution in [0.15, 0.2) is 53.3 Å². The van der Waals surface area contributed by atoms with Crippen LogP contribution in [0.3, 0.4) is 0 Å². The number of benzene rings is 2. The monoisotopic (exact) mass is 369 g/mol. The second-order valence-electron chi connectivity index (χ2n) is 6.21. The fourth-order valence-corrected chi connectivity index (χ4v) is 2.63. The van der Waals surface area contributed by atoms with Crippen LogP contribution in [0.25, 0.3) is 11.3 Å². The zero-order chi connectivity index (χ0) is 19.6. The molecule has 0 aliphatic heterocycles. The van der Waals surface area contributed by atoms with Gasteiger partial charge in [0, 0.05) is 17.7 Å². The Morgan fingerprint density at radius 1 is 1.07 bits per heavy atom. The van der Waals surface area contributed by atoms with Crippen LogP contribution in [0.5, 0.6) is 0 Å². The Balaban J connectivity index is 1.85. The SMILES string of the molecule is Cc1ccc(C)c(-c2ccc(=O)n(CC(=O)Nc3ccc(F)cc3F)n2)c1. The van der Waals surface area contributed by atoms with Crippen LogP contribution in [0.2, 0.25) is 0 Å². The van der Waals surface area contributed by atoms with Gasteiger partial charge < -0.3 is 5.32 Å². The summed E-state index contributed by atoms with van der Waals surface area (Å²) in [4.78, 5) is 24.2. The van der Waals surface area contributed by atoms with Crippen LogP contribution in [-0.4, -0.2) is 15.7 Å². The van der Waals surface area contributed by atoms with Crippen molar-refractivity contribution in [2.45, 2.75) is 20.4 Å².